The van der Waals surface area contributed by atoms with E-state index in [4.69, 9.17) is 23.2 Å². The summed E-state index contributed by atoms with van der Waals surface area (Å²) in [4.78, 5) is 0. The molecule has 0 atom stereocenters. The Hall–Kier alpha value is -0.540. The summed E-state index contributed by atoms with van der Waals surface area (Å²) in [6, 6.07) is 12.2. The molecule has 0 spiro atoms. The van der Waals surface area contributed by atoms with Gasteiger partial charge in [0.2, 0.25) is 0 Å². The van der Waals surface area contributed by atoms with Crippen LogP contribution in [0.3, 0.4) is 0 Å². The SMILES string of the molecule is Clc1c(-c2cccc(Br)c2)cc2ccsc2c1Cl. The Balaban J connectivity index is 2.32. The van der Waals surface area contributed by atoms with E-state index >= 15 is 0 Å². The Morgan fingerprint density at radius 3 is 2.61 bits per heavy atom. The topological polar surface area (TPSA) is 0 Å². The zero-order valence-corrected chi connectivity index (χ0v) is 13.0. The maximum Gasteiger partial charge on any atom is 0.0776 e. The molecule has 0 radical (unpaired) electrons. The Kier molecular flexibility index (Phi) is 3.37. The van der Waals surface area contributed by atoms with Crippen molar-refractivity contribution in [2.24, 2.45) is 0 Å². The molecule has 0 aliphatic carbocycles. The van der Waals surface area contributed by atoms with Crippen molar-refractivity contribution in [3.05, 3.63) is 56.3 Å². The smallest absolute Gasteiger partial charge is 0.0776 e. The van der Waals surface area contributed by atoms with Gasteiger partial charge in [-0.2, -0.15) is 0 Å². The van der Waals surface area contributed by atoms with E-state index in [2.05, 4.69) is 28.1 Å². The highest BCUT2D eigenvalue weighted by Gasteiger charge is 2.12. The van der Waals surface area contributed by atoms with E-state index in [-0.39, 0.29) is 0 Å². The quantitative estimate of drug-likeness (QED) is 0.458. The summed E-state index contributed by atoms with van der Waals surface area (Å²) in [5, 5.41) is 4.41. The first kappa shape index (κ1) is 12.5. The summed E-state index contributed by atoms with van der Waals surface area (Å²) in [5.74, 6) is 0. The van der Waals surface area contributed by atoms with Crippen molar-refractivity contribution < 1.29 is 0 Å². The summed E-state index contributed by atoms with van der Waals surface area (Å²) in [5.41, 5.74) is 2.03. The normalized spacial score (nSPS) is 11.1. The highest BCUT2D eigenvalue weighted by molar-refractivity contribution is 9.10. The molecule has 1 heterocycles. The van der Waals surface area contributed by atoms with Crippen molar-refractivity contribution >= 4 is 60.6 Å². The van der Waals surface area contributed by atoms with E-state index in [9.17, 15) is 0 Å². The second-order valence-electron chi connectivity index (χ2n) is 3.90. The van der Waals surface area contributed by atoms with Crippen LogP contribution in [-0.4, -0.2) is 0 Å². The average Bonchev–Trinajstić information content (AvgIpc) is 2.82. The molecule has 3 aromatic rings. The van der Waals surface area contributed by atoms with Crippen molar-refractivity contribution in [3.8, 4) is 11.1 Å². The predicted octanol–water partition coefficient (Wildman–Crippen LogP) is 6.64. The molecule has 0 fully saturated rings. The van der Waals surface area contributed by atoms with E-state index in [1.165, 1.54) is 0 Å². The van der Waals surface area contributed by atoms with Gasteiger partial charge in [-0.1, -0.05) is 51.3 Å². The van der Waals surface area contributed by atoms with Gasteiger partial charge >= 0.3 is 0 Å². The van der Waals surface area contributed by atoms with Gasteiger partial charge in [0, 0.05) is 10.0 Å². The lowest BCUT2D eigenvalue weighted by Crippen LogP contribution is -1.81. The fourth-order valence-electron chi connectivity index (χ4n) is 1.91. The Morgan fingerprint density at radius 2 is 1.83 bits per heavy atom. The molecule has 90 valence electrons. The van der Waals surface area contributed by atoms with E-state index in [1.54, 1.807) is 11.3 Å². The molecule has 0 amide bonds. The minimum absolute atomic E-state index is 0.615. The number of hydrogen-bond donors (Lipinski definition) is 0. The molecule has 3 rings (SSSR count). The summed E-state index contributed by atoms with van der Waals surface area (Å²) in [6.45, 7) is 0. The van der Waals surface area contributed by atoms with Crippen molar-refractivity contribution in [1.82, 2.24) is 0 Å². The number of fused-ring (bicyclic) bond motifs is 1. The number of benzene rings is 2. The van der Waals surface area contributed by atoms with E-state index in [1.807, 2.05) is 29.6 Å². The molecule has 0 unspecified atom stereocenters. The highest BCUT2D eigenvalue weighted by Crippen LogP contribution is 2.41. The van der Waals surface area contributed by atoms with E-state index < -0.39 is 0 Å². The fourth-order valence-corrected chi connectivity index (χ4v) is 3.79. The van der Waals surface area contributed by atoms with Crippen molar-refractivity contribution in [2.45, 2.75) is 0 Å². The van der Waals surface area contributed by atoms with Crippen LogP contribution in [0.1, 0.15) is 0 Å². The first-order valence-electron chi connectivity index (χ1n) is 5.28. The number of rotatable bonds is 1. The molecule has 0 nitrogen and oxygen atoms in total. The summed E-state index contributed by atoms with van der Waals surface area (Å²) in [7, 11) is 0. The molecule has 0 saturated heterocycles. The van der Waals surface area contributed by atoms with Gasteiger partial charge in [-0.25, -0.2) is 0 Å². The molecule has 4 heteroatoms. The van der Waals surface area contributed by atoms with Gasteiger partial charge in [0.05, 0.1) is 14.7 Å². The zero-order valence-electron chi connectivity index (χ0n) is 9.08. The van der Waals surface area contributed by atoms with Gasteiger partial charge in [-0.3, -0.25) is 0 Å². The van der Waals surface area contributed by atoms with E-state index in [0.29, 0.717) is 10.0 Å². The monoisotopic (exact) mass is 356 g/mol. The Morgan fingerprint density at radius 1 is 1.00 bits per heavy atom. The average molecular weight is 358 g/mol. The minimum Gasteiger partial charge on any atom is -0.142 e. The molecule has 2 aromatic carbocycles. The van der Waals surface area contributed by atoms with Gasteiger partial charge in [0.25, 0.3) is 0 Å². The third kappa shape index (κ3) is 2.08. The van der Waals surface area contributed by atoms with Gasteiger partial charge in [0.15, 0.2) is 0 Å². The lowest BCUT2D eigenvalue weighted by atomic mass is 10.0. The summed E-state index contributed by atoms with van der Waals surface area (Å²) >= 11 is 17.8. The van der Waals surface area contributed by atoms with Crippen LogP contribution in [0, 0.1) is 0 Å². The van der Waals surface area contributed by atoms with Crippen LogP contribution in [0.5, 0.6) is 0 Å². The van der Waals surface area contributed by atoms with E-state index in [0.717, 1.165) is 25.7 Å². The Bertz CT molecular complexity index is 734. The first-order chi connectivity index (χ1) is 8.66. The third-order valence-electron chi connectivity index (χ3n) is 2.76. The van der Waals surface area contributed by atoms with Crippen LogP contribution in [-0.2, 0) is 0 Å². The van der Waals surface area contributed by atoms with Crippen LogP contribution in [0.2, 0.25) is 10.0 Å². The van der Waals surface area contributed by atoms with Gasteiger partial charge in [0.1, 0.15) is 0 Å². The number of thiophene rings is 1. The second kappa shape index (κ2) is 4.86. The predicted molar refractivity (Wildman–Crippen MR) is 85.0 cm³/mol. The molecule has 0 aliphatic rings. The lowest BCUT2D eigenvalue weighted by Gasteiger charge is -2.08. The Labute approximate surface area is 127 Å². The lowest BCUT2D eigenvalue weighted by molar-refractivity contribution is 1.61. The van der Waals surface area contributed by atoms with Crippen LogP contribution in [0.25, 0.3) is 21.2 Å². The zero-order chi connectivity index (χ0) is 12.7. The van der Waals surface area contributed by atoms with Gasteiger partial charge in [-0.15, -0.1) is 11.3 Å². The standard InChI is InChI=1S/C14H7BrCl2S/c15-10-3-1-2-8(6-10)11-7-9-4-5-18-14(9)13(17)12(11)16/h1-7H. The molecule has 18 heavy (non-hydrogen) atoms. The maximum absolute atomic E-state index is 6.38. The molecular formula is C14H7BrCl2S. The van der Waals surface area contributed by atoms with Crippen molar-refractivity contribution in [3.63, 3.8) is 0 Å². The van der Waals surface area contributed by atoms with Crippen molar-refractivity contribution in [2.75, 3.05) is 0 Å². The molecule has 0 bridgehead atoms. The molecule has 0 N–H and O–H groups in total. The van der Waals surface area contributed by atoms with Crippen LogP contribution in [0.4, 0.5) is 0 Å². The fraction of sp³-hybridized carbons (Fsp3) is 0. The highest BCUT2D eigenvalue weighted by atomic mass is 79.9. The molecule has 0 aliphatic heterocycles. The van der Waals surface area contributed by atoms with Crippen LogP contribution in [0.15, 0.2) is 46.3 Å². The largest absolute Gasteiger partial charge is 0.142 e. The molecular weight excluding hydrogens is 351 g/mol. The second-order valence-corrected chi connectivity index (χ2v) is 6.49. The molecule has 0 saturated carbocycles. The number of halogens is 3. The minimum atomic E-state index is 0.615. The summed E-state index contributed by atoms with van der Waals surface area (Å²) in [6.07, 6.45) is 0. The maximum atomic E-state index is 6.38. The van der Waals surface area contributed by atoms with Gasteiger partial charge < -0.3 is 0 Å². The van der Waals surface area contributed by atoms with Crippen molar-refractivity contribution in [1.29, 1.82) is 0 Å². The molecule has 1 aromatic heterocycles. The van der Waals surface area contributed by atoms with Gasteiger partial charge in [-0.05, 0) is 40.6 Å². The first-order valence-corrected chi connectivity index (χ1v) is 7.71. The van der Waals surface area contributed by atoms with Crippen LogP contribution >= 0.6 is 50.5 Å². The summed E-state index contributed by atoms with van der Waals surface area (Å²) < 4.78 is 2.07. The number of hydrogen-bond acceptors (Lipinski definition) is 1. The third-order valence-corrected chi connectivity index (χ3v) is 5.18. The van der Waals surface area contributed by atoms with Crippen LogP contribution < -0.4 is 0 Å².